The largest absolute Gasteiger partial charge is 0.300 e. The predicted molar refractivity (Wildman–Crippen MR) is 99.3 cm³/mol. The van der Waals surface area contributed by atoms with Crippen molar-refractivity contribution in [1.29, 1.82) is 0 Å². The van der Waals surface area contributed by atoms with Crippen molar-refractivity contribution in [3.05, 3.63) is 0 Å². The van der Waals surface area contributed by atoms with Gasteiger partial charge in [-0.15, -0.1) is 0 Å². The zero-order valence-electron chi connectivity index (χ0n) is 16.4. The molecule has 0 aromatic heterocycles. The molecular formula is C21H42O. The van der Waals surface area contributed by atoms with Gasteiger partial charge in [-0.3, -0.25) is 4.79 Å². The Morgan fingerprint density at radius 1 is 0.591 bits per heavy atom. The molecule has 22 heavy (non-hydrogen) atoms. The second-order valence-electron chi connectivity index (χ2n) is 9.52. The predicted octanol–water partition coefficient (Wildman–Crippen LogP) is 7.33. The van der Waals surface area contributed by atoms with Gasteiger partial charge in [-0.2, -0.15) is 0 Å². The lowest BCUT2D eigenvalue weighted by Gasteiger charge is -2.17. The lowest BCUT2D eigenvalue weighted by atomic mass is 9.88. The van der Waals surface area contributed by atoms with Crippen LogP contribution in [0.5, 0.6) is 0 Å². The number of unbranched alkanes of at least 4 members (excludes halogenated alkanes) is 8. The van der Waals surface area contributed by atoms with Crippen molar-refractivity contribution in [3.63, 3.8) is 0 Å². The van der Waals surface area contributed by atoms with Crippen LogP contribution in [-0.2, 0) is 4.79 Å². The molecule has 1 heteroatoms. The van der Waals surface area contributed by atoms with Crippen molar-refractivity contribution in [2.45, 2.75) is 119 Å². The topological polar surface area (TPSA) is 17.1 Å². The quantitative estimate of drug-likeness (QED) is 0.345. The minimum absolute atomic E-state index is 0.157. The van der Waals surface area contributed by atoms with Crippen LogP contribution in [-0.4, -0.2) is 5.78 Å². The molecule has 0 saturated heterocycles. The Balaban J connectivity index is 3.26. The standard InChI is InChI=1S/C21H42O/c1-20(2,3)17-15-13-11-9-7-8-10-12-14-16-19(22)18-21(4,5)6/h7-18H2,1-6H3. The average molecular weight is 311 g/mol. The van der Waals surface area contributed by atoms with Gasteiger partial charge < -0.3 is 0 Å². The molecular weight excluding hydrogens is 268 g/mol. The summed E-state index contributed by atoms with van der Waals surface area (Å²) in [7, 11) is 0. The zero-order valence-corrected chi connectivity index (χ0v) is 16.4. The van der Waals surface area contributed by atoms with Crippen LogP contribution >= 0.6 is 0 Å². The highest BCUT2D eigenvalue weighted by Gasteiger charge is 2.15. The molecule has 132 valence electrons. The highest BCUT2D eigenvalue weighted by molar-refractivity contribution is 5.78. The van der Waals surface area contributed by atoms with E-state index >= 15 is 0 Å². The third kappa shape index (κ3) is 17.7. The number of hydrogen-bond acceptors (Lipinski definition) is 1. The molecule has 0 atom stereocenters. The summed E-state index contributed by atoms with van der Waals surface area (Å²) in [5, 5.41) is 0. The van der Waals surface area contributed by atoms with Gasteiger partial charge in [-0.25, -0.2) is 0 Å². The lowest BCUT2D eigenvalue weighted by molar-refractivity contribution is -0.120. The van der Waals surface area contributed by atoms with Crippen LogP contribution in [0.25, 0.3) is 0 Å². The van der Waals surface area contributed by atoms with E-state index in [4.69, 9.17) is 0 Å². The minimum atomic E-state index is 0.157. The molecule has 0 spiro atoms. The minimum Gasteiger partial charge on any atom is -0.300 e. The van der Waals surface area contributed by atoms with Crippen molar-refractivity contribution in [2.24, 2.45) is 10.8 Å². The maximum Gasteiger partial charge on any atom is 0.133 e. The SMILES string of the molecule is CC(C)(C)CCCCCCCCCCCC(=O)CC(C)(C)C. The van der Waals surface area contributed by atoms with Crippen LogP contribution in [0.2, 0.25) is 0 Å². The molecule has 0 saturated carbocycles. The third-order valence-corrected chi connectivity index (χ3v) is 4.11. The first-order chi connectivity index (χ1) is 10.1. The van der Waals surface area contributed by atoms with Gasteiger partial charge in [0.05, 0.1) is 0 Å². The molecule has 0 unspecified atom stereocenters. The van der Waals surface area contributed by atoms with E-state index in [0.717, 1.165) is 19.3 Å². The number of hydrogen-bond donors (Lipinski definition) is 0. The van der Waals surface area contributed by atoms with Crippen LogP contribution in [0.15, 0.2) is 0 Å². The Morgan fingerprint density at radius 3 is 1.41 bits per heavy atom. The Labute approximate surface area is 140 Å². The molecule has 0 aromatic carbocycles. The van der Waals surface area contributed by atoms with Gasteiger partial charge >= 0.3 is 0 Å². The summed E-state index contributed by atoms with van der Waals surface area (Å²) in [6.07, 6.45) is 14.9. The van der Waals surface area contributed by atoms with E-state index < -0.39 is 0 Å². The van der Waals surface area contributed by atoms with Crippen molar-refractivity contribution < 1.29 is 4.79 Å². The summed E-state index contributed by atoms with van der Waals surface area (Å²) in [4.78, 5) is 11.8. The average Bonchev–Trinajstić information content (AvgIpc) is 2.32. The Hall–Kier alpha value is -0.330. The van der Waals surface area contributed by atoms with Crippen LogP contribution in [0.1, 0.15) is 119 Å². The summed E-state index contributed by atoms with van der Waals surface area (Å²) in [6.45, 7) is 13.4. The molecule has 0 aromatic rings. The van der Waals surface area contributed by atoms with Gasteiger partial charge in [0.1, 0.15) is 5.78 Å². The van der Waals surface area contributed by atoms with Gasteiger partial charge in [-0.05, 0) is 23.7 Å². The van der Waals surface area contributed by atoms with Gasteiger partial charge in [0, 0.05) is 12.8 Å². The van der Waals surface area contributed by atoms with E-state index in [2.05, 4.69) is 41.5 Å². The first-order valence-corrected chi connectivity index (χ1v) is 9.62. The van der Waals surface area contributed by atoms with Crippen molar-refractivity contribution in [2.75, 3.05) is 0 Å². The van der Waals surface area contributed by atoms with E-state index in [1.54, 1.807) is 0 Å². The molecule has 0 rings (SSSR count). The summed E-state index contributed by atoms with van der Waals surface area (Å²) in [6, 6.07) is 0. The van der Waals surface area contributed by atoms with E-state index in [1.165, 1.54) is 57.8 Å². The molecule has 0 aliphatic carbocycles. The van der Waals surface area contributed by atoms with E-state index in [0.29, 0.717) is 11.2 Å². The van der Waals surface area contributed by atoms with E-state index in [9.17, 15) is 4.79 Å². The summed E-state index contributed by atoms with van der Waals surface area (Å²) < 4.78 is 0. The maximum absolute atomic E-state index is 11.8. The van der Waals surface area contributed by atoms with Crippen molar-refractivity contribution in [1.82, 2.24) is 0 Å². The molecule has 0 bridgehead atoms. The molecule has 0 aliphatic rings. The van der Waals surface area contributed by atoms with Crippen molar-refractivity contribution >= 4 is 5.78 Å². The smallest absolute Gasteiger partial charge is 0.133 e. The van der Waals surface area contributed by atoms with Crippen LogP contribution < -0.4 is 0 Å². The van der Waals surface area contributed by atoms with E-state index in [1.807, 2.05) is 0 Å². The van der Waals surface area contributed by atoms with Crippen molar-refractivity contribution in [3.8, 4) is 0 Å². The van der Waals surface area contributed by atoms with Crippen LogP contribution in [0.3, 0.4) is 0 Å². The van der Waals surface area contributed by atoms with Gasteiger partial charge in [0.15, 0.2) is 0 Å². The lowest BCUT2D eigenvalue weighted by Crippen LogP contribution is -2.12. The molecule has 0 amide bonds. The molecule has 0 heterocycles. The Bertz CT molecular complexity index is 277. The molecule has 1 nitrogen and oxygen atoms in total. The number of ketones is 1. The highest BCUT2D eigenvalue weighted by Crippen LogP contribution is 2.23. The van der Waals surface area contributed by atoms with Gasteiger partial charge in [-0.1, -0.05) is 92.9 Å². The fourth-order valence-electron chi connectivity index (χ4n) is 2.89. The molecule has 0 fully saturated rings. The van der Waals surface area contributed by atoms with Gasteiger partial charge in [0.25, 0.3) is 0 Å². The number of rotatable bonds is 12. The first-order valence-electron chi connectivity index (χ1n) is 9.62. The van der Waals surface area contributed by atoms with Crippen LogP contribution in [0.4, 0.5) is 0 Å². The second kappa shape index (κ2) is 11.2. The molecule has 0 aliphatic heterocycles. The van der Waals surface area contributed by atoms with Gasteiger partial charge in [0.2, 0.25) is 0 Å². The fraction of sp³-hybridized carbons (Fsp3) is 0.952. The second-order valence-corrected chi connectivity index (χ2v) is 9.52. The van der Waals surface area contributed by atoms with E-state index in [-0.39, 0.29) is 5.41 Å². The summed E-state index contributed by atoms with van der Waals surface area (Å²) in [5.41, 5.74) is 0.661. The number of Topliss-reactive ketones (excluding diaryl/α,β-unsaturated/α-hetero) is 1. The Morgan fingerprint density at radius 2 is 1.00 bits per heavy atom. The fourth-order valence-corrected chi connectivity index (χ4v) is 2.89. The third-order valence-electron chi connectivity index (χ3n) is 4.11. The summed E-state index contributed by atoms with van der Waals surface area (Å²) >= 11 is 0. The Kier molecular flexibility index (Phi) is 11.1. The molecule has 0 N–H and O–H groups in total. The van der Waals surface area contributed by atoms with Crippen LogP contribution in [0, 0.1) is 10.8 Å². The number of carbonyl (C=O) groups excluding carboxylic acids is 1. The highest BCUT2D eigenvalue weighted by atomic mass is 16.1. The monoisotopic (exact) mass is 310 g/mol. The number of carbonyl (C=O) groups is 1. The molecule has 0 radical (unpaired) electrons. The summed E-state index contributed by atoms with van der Waals surface area (Å²) in [5.74, 6) is 0.450. The zero-order chi connectivity index (χ0) is 17.1. The first kappa shape index (κ1) is 21.7. The maximum atomic E-state index is 11.8. The normalized spacial score (nSPS) is 12.6.